The summed E-state index contributed by atoms with van der Waals surface area (Å²) >= 11 is 0. The van der Waals surface area contributed by atoms with Crippen LogP contribution in [0.5, 0.6) is 0 Å². The number of piperidine rings is 1. The lowest BCUT2D eigenvalue weighted by atomic mass is 10.0. The molecule has 19 heavy (non-hydrogen) atoms. The van der Waals surface area contributed by atoms with Gasteiger partial charge in [0.2, 0.25) is 10.0 Å². The molecule has 5 nitrogen and oxygen atoms in total. The van der Waals surface area contributed by atoms with Crippen molar-refractivity contribution < 1.29 is 13.2 Å². The molecule has 1 aliphatic carbocycles. The van der Waals surface area contributed by atoms with Crippen LogP contribution in [0.1, 0.15) is 44.9 Å². The summed E-state index contributed by atoms with van der Waals surface area (Å²) in [6, 6.07) is 0.335. The summed E-state index contributed by atoms with van der Waals surface area (Å²) < 4.78 is 32.3. The van der Waals surface area contributed by atoms with Gasteiger partial charge in [-0.2, -0.15) is 0 Å². The van der Waals surface area contributed by atoms with Crippen molar-refractivity contribution in [2.45, 2.75) is 63.1 Å². The van der Waals surface area contributed by atoms with Crippen LogP contribution in [0.4, 0.5) is 0 Å². The van der Waals surface area contributed by atoms with Crippen molar-refractivity contribution >= 4 is 10.0 Å². The maximum Gasteiger partial charge on any atom is 0.211 e. The Kier molecular flexibility index (Phi) is 5.62. The summed E-state index contributed by atoms with van der Waals surface area (Å²) in [5.41, 5.74) is 0. The summed E-state index contributed by atoms with van der Waals surface area (Å²) in [5.74, 6) is 0.220. The first-order valence-electron chi connectivity index (χ1n) is 7.37. The van der Waals surface area contributed by atoms with Crippen molar-refractivity contribution in [1.29, 1.82) is 0 Å². The fourth-order valence-electron chi connectivity index (χ4n) is 3.10. The largest absolute Gasteiger partial charge is 0.380 e. The van der Waals surface area contributed by atoms with Gasteiger partial charge in [-0.15, -0.1) is 0 Å². The monoisotopic (exact) mass is 290 g/mol. The van der Waals surface area contributed by atoms with Gasteiger partial charge in [-0.25, -0.2) is 13.1 Å². The van der Waals surface area contributed by atoms with Gasteiger partial charge in [0, 0.05) is 19.2 Å². The molecule has 6 heteroatoms. The number of nitrogens with one attached hydrogen (secondary N) is 2. The highest BCUT2D eigenvalue weighted by Crippen LogP contribution is 2.22. The molecule has 2 rings (SSSR count). The molecule has 2 aliphatic rings. The summed E-state index contributed by atoms with van der Waals surface area (Å²) in [6.07, 6.45) is 7.14. The van der Waals surface area contributed by atoms with Gasteiger partial charge in [0.25, 0.3) is 0 Å². The van der Waals surface area contributed by atoms with Gasteiger partial charge in [-0.1, -0.05) is 6.42 Å². The van der Waals surface area contributed by atoms with Crippen LogP contribution in [0.25, 0.3) is 0 Å². The van der Waals surface area contributed by atoms with Gasteiger partial charge in [-0.05, 0) is 45.1 Å². The van der Waals surface area contributed by atoms with E-state index in [1.807, 2.05) is 0 Å². The number of ether oxygens (including phenoxy) is 1. The molecule has 1 saturated heterocycles. The normalized spacial score (nSPS) is 32.6. The lowest BCUT2D eigenvalue weighted by Crippen LogP contribution is -2.43. The topological polar surface area (TPSA) is 67.4 Å². The minimum Gasteiger partial charge on any atom is -0.380 e. The zero-order chi connectivity index (χ0) is 13.7. The standard InChI is InChI=1S/C13H26N2O3S/c1-18-13-7-4-6-12(13)15-19(16,17)10-8-11-5-2-3-9-14-11/h11-15H,2-10H2,1H3. The molecule has 1 saturated carbocycles. The second-order valence-electron chi connectivity index (χ2n) is 5.68. The SMILES string of the molecule is COC1CCCC1NS(=O)(=O)CCC1CCCCN1. The predicted octanol–water partition coefficient (Wildman–Crippen LogP) is 1.01. The second kappa shape index (κ2) is 7.02. The number of methoxy groups -OCH3 is 1. The highest BCUT2D eigenvalue weighted by Gasteiger charge is 2.30. The lowest BCUT2D eigenvalue weighted by Gasteiger charge is -2.24. The van der Waals surface area contributed by atoms with E-state index in [1.165, 1.54) is 12.8 Å². The van der Waals surface area contributed by atoms with E-state index in [0.717, 1.165) is 32.2 Å². The lowest BCUT2D eigenvalue weighted by molar-refractivity contribution is 0.0916. The number of rotatable bonds is 6. The molecule has 0 aromatic carbocycles. The first-order chi connectivity index (χ1) is 9.11. The van der Waals surface area contributed by atoms with Crippen molar-refractivity contribution in [3.05, 3.63) is 0 Å². The maximum absolute atomic E-state index is 12.1. The van der Waals surface area contributed by atoms with E-state index >= 15 is 0 Å². The molecule has 2 N–H and O–H groups in total. The molecular formula is C13H26N2O3S. The van der Waals surface area contributed by atoms with Crippen molar-refractivity contribution in [2.75, 3.05) is 19.4 Å². The van der Waals surface area contributed by atoms with Crippen LogP contribution in [-0.2, 0) is 14.8 Å². The summed E-state index contributed by atoms with van der Waals surface area (Å²) in [5, 5.41) is 3.39. The highest BCUT2D eigenvalue weighted by molar-refractivity contribution is 7.89. The fraction of sp³-hybridized carbons (Fsp3) is 1.00. The van der Waals surface area contributed by atoms with E-state index in [-0.39, 0.29) is 17.9 Å². The van der Waals surface area contributed by atoms with Crippen molar-refractivity contribution in [1.82, 2.24) is 10.0 Å². The Bertz CT molecular complexity index is 366. The second-order valence-corrected chi connectivity index (χ2v) is 7.56. The zero-order valence-corrected chi connectivity index (χ0v) is 12.5. The Morgan fingerprint density at radius 3 is 2.74 bits per heavy atom. The Hall–Kier alpha value is -0.170. The van der Waals surface area contributed by atoms with Crippen LogP contribution < -0.4 is 10.0 Å². The molecule has 3 atom stereocenters. The van der Waals surface area contributed by atoms with Crippen LogP contribution in [0.2, 0.25) is 0 Å². The molecular weight excluding hydrogens is 264 g/mol. The van der Waals surface area contributed by atoms with Crippen molar-refractivity contribution in [3.63, 3.8) is 0 Å². The van der Waals surface area contributed by atoms with E-state index in [2.05, 4.69) is 10.0 Å². The molecule has 1 heterocycles. The van der Waals surface area contributed by atoms with E-state index in [9.17, 15) is 8.42 Å². The van der Waals surface area contributed by atoms with Gasteiger partial charge in [0.1, 0.15) is 0 Å². The van der Waals surface area contributed by atoms with E-state index in [1.54, 1.807) is 7.11 Å². The Morgan fingerprint density at radius 1 is 1.21 bits per heavy atom. The zero-order valence-electron chi connectivity index (χ0n) is 11.7. The minimum absolute atomic E-state index is 0.0330. The molecule has 0 radical (unpaired) electrons. The number of hydrogen-bond donors (Lipinski definition) is 2. The molecule has 1 aliphatic heterocycles. The van der Waals surface area contributed by atoms with Gasteiger partial charge in [-0.3, -0.25) is 0 Å². The Balaban J connectivity index is 1.77. The third-order valence-electron chi connectivity index (χ3n) is 4.23. The molecule has 0 spiro atoms. The van der Waals surface area contributed by atoms with Crippen LogP contribution in [-0.4, -0.2) is 46.0 Å². The van der Waals surface area contributed by atoms with Crippen LogP contribution in [0.15, 0.2) is 0 Å². The quantitative estimate of drug-likeness (QED) is 0.766. The Labute approximate surface area is 116 Å². The van der Waals surface area contributed by atoms with Gasteiger partial charge in [0.05, 0.1) is 11.9 Å². The third kappa shape index (κ3) is 4.70. The van der Waals surface area contributed by atoms with Crippen molar-refractivity contribution in [3.8, 4) is 0 Å². The first kappa shape index (κ1) is 15.2. The van der Waals surface area contributed by atoms with Crippen LogP contribution in [0.3, 0.4) is 0 Å². The van der Waals surface area contributed by atoms with E-state index in [0.29, 0.717) is 12.5 Å². The molecule has 112 valence electrons. The minimum atomic E-state index is -3.18. The van der Waals surface area contributed by atoms with Gasteiger partial charge >= 0.3 is 0 Å². The van der Waals surface area contributed by atoms with E-state index < -0.39 is 10.0 Å². The maximum atomic E-state index is 12.1. The molecule has 2 fully saturated rings. The van der Waals surface area contributed by atoms with Crippen LogP contribution in [0, 0.1) is 0 Å². The average molecular weight is 290 g/mol. The first-order valence-corrected chi connectivity index (χ1v) is 9.02. The number of hydrogen-bond acceptors (Lipinski definition) is 4. The average Bonchev–Trinajstić information content (AvgIpc) is 2.84. The Morgan fingerprint density at radius 2 is 2.05 bits per heavy atom. The predicted molar refractivity (Wildman–Crippen MR) is 75.6 cm³/mol. The molecule has 0 aromatic heterocycles. The smallest absolute Gasteiger partial charge is 0.211 e. The summed E-state index contributed by atoms with van der Waals surface area (Å²) in [4.78, 5) is 0. The number of sulfonamides is 1. The highest BCUT2D eigenvalue weighted by atomic mass is 32.2. The fourth-order valence-corrected chi connectivity index (χ4v) is 4.54. The third-order valence-corrected chi connectivity index (χ3v) is 5.67. The van der Waals surface area contributed by atoms with Gasteiger partial charge in [0.15, 0.2) is 0 Å². The molecule has 0 bridgehead atoms. The summed E-state index contributed by atoms with van der Waals surface area (Å²) in [6.45, 7) is 1.02. The van der Waals surface area contributed by atoms with Gasteiger partial charge < -0.3 is 10.1 Å². The van der Waals surface area contributed by atoms with E-state index in [4.69, 9.17) is 4.74 Å². The summed E-state index contributed by atoms with van der Waals surface area (Å²) in [7, 11) is -1.52. The molecule has 3 unspecified atom stereocenters. The van der Waals surface area contributed by atoms with Crippen molar-refractivity contribution in [2.24, 2.45) is 0 Å². The molecule has 0 aromatic rings. The molecule has 0 amide bonds. The van der Waals surface area contributed by atoms with Crippen LogP contribution >= 0.6 is 0 Å².